The smallest absolute Gasteiger partial charge is 0.0645 e. The topological polar surface area (TPSA) is 3.24 Å². The van der Waals surface area contributed by atoms with Gasteiger partial charge in [0.1, 0.15) is 0 Å². The molecule has 0 N–H and O–H groups in total. The van der Waals surface area contributed by atoms with Gasteiger partial charge in [-0.15, -0.1) is 0 Å². The second-order valence-corrected chi connectivity index (χ2v) is 10.9. The average molecular weight is 581 g/mol. The standard InChI is InChI=1S/C44H31N/c1-2-12-32(13-3-1)34-24-27-36(28-25-34)42-21-8-9-22-43(42)45(44-23-11-17-35-15-6-7-20-41(35)44)40-19-10-18-38(31-40)39-29-26-33-14-4-5-16-37(33)30-39/h1-31H/i6D,7D,11D,15D,17D,20D,23D. The van der Waals surface area contributed by atoms with Gasteiger partial charge in [0.2, 0.25) is 0 Å². The molecule has 0 aliphatic heterocycles. The minimum Gasteiger partial charge on any atom is -0.309 e. The van der Waals surface area contributed by atoms with E-state index in [4.69, 9.17) is 8.22 Å². The maximum Gasteiger partial charge on any atom is 0.0645 e. The summed E-state index contributed by atoms with van der Waals surface area (Å²) in [7, 11) is 0. The summed E-state index contributed by atoms with van der Waals surface area (Å²) in [6.07, 6.45) is 0. The van der Waals surface area contributed by atoms with Crippen molar-refractivity contribution in [2.45, 2.75) is 0 Å². The van der Waals surface area contributed by atoms with Gasteiger partial charge in [-0.05, 0) is 74.3 Å². The van der Waals surface area contributed by atoms with Crippen LogP contribution in [0.3, 0.4) is 0 Å². The highest BCUT2D eigenvalue weighted by atomic mass is 15.1. The highest BCUT2D eigenvalue weighted by Gasteiger charge is 2.19. The van der Waals surface area contributed by atoms with Crippen molar-refractivity contribution in [2.75, 3.05) is 4.90 Å². The highest BCUT2D eigenvalue weighted by Crippen LogP contribution is 2.44. The van der Waals surface area contributed by atoms with E-state index in [9.17, 15) is 1.37 Å². The van der Waals surface area contributed by atoms with Crippen molar-refractivity contribution >= 4 is 38.6 Å². The average Bonchev–Trinajstić information content (AvgIpc) is 3.19. The fourth-order valence-corrected chi connectivity index (χ4v) is 5.93. The molecule has 0 spiro atoms. The van der Waals surface area contributed by atoms with E-state index in [-0.39, 0.29) is 28.5 Å². The fourth-order valence-electron chi connectivity index (χ4n) is 5.93. The van der Waals surface area contributed by atoms with E-state index in [1.165, 1.54) is 0 Å². The molecule has 45 heavy (non-hydrogen) atoms. The van der Waals surface area contributed by atoms with Crippen LogP contribution in [0.1, 0.15) is 9.60 Å². The van der Waals surface area contributed by atoms with Crippen molar-refractivity contribution in [1.82, 2.24) is 0 Å². The van der Waals surface area contributed by atoms with E-state index in [2.05, 4.69) is 54.6 Å². The third-order valence-corrected chi connectivity index (χ3v) is 8.15. The van der Waals surface area contributed by atoms with Gasteiger partial charge in [0, 0.05) is 16.6 Å². The number of hydrogen-bond acceptors (Lipinski definition) is 1. The van der Waals surface area contributed by atoms with Gasteiger partial charge in [-0.3, -0.25) is 0 Å². The van der Waals surface area contributed by atoms with Crippen LogP contribution in [-0.4, -0.2) is 0 Å². The molecule has 8 aromatic rings. The third kappa shape index (κ3) is 5.15. The Morgan fingerprint density at radius 3 is 1.91 bits per heavy atom. The third-order valence-electron chi connectivity index (χ3n) is 8.15. The van der Waals surface area contributed by atoms with Gasteiger partial charge >= 0.3 is 0 Å². The number of para-hydroxylation sites is 1. The Labute approximate surface area is 274 Å². The molecule has 0 heterocycles. The second-order valence-electron chi connectivity index (χ2n) is 10.9. The molecule has 0 fully saturated rings. The zero-order valence-corrected chi connectivity index (χ0v) is 24.3. The molecule has 1 nitrogen and oxygen atoms in total. The molecule has 0 atom stereocenters. The lowest BCUT2D eigenvalue weighted by molar-refractivity contribution is 1.30. The van der Waals surface area contributed by atoms with Crippen molar-refractivity contribution in [2.24, 2.45) is 0 Å². The summed E-state index contributed by atoms with van der Waals surface area (Å²) in [6.45, 7) is 0. The summed E-state index contributed by atoms with van der Waals surface area (Å²) in [4.78, 5) is 1.81. The summed E-state index contributed by atoms with van der Waals surface area (Å²) in [5, 5.41) is 2.13. The summed E-state index contributed by atoms with van der Waals surface area (Å²) >= 11 is 0. The number of nitrogens with zero attached hydrogens (tertiary/aromatic N) is 1. The van der Waals surface area contributed by atoms with Crippen LogP contribution in [0.4, 0.5) is 17.1 Å². The molecule has 0 saturated carbocycles. The van der Waals surface area contributed by atoms with E-state index in [1.807, 2.05) is 95.9 Å². The number of benzene rings is 8. The highest BCUT2D eigenvalue weighted by molar-refractivity contribution is 6.01. The summed E-state index contributed by atoms with van der Waals surface area (Å²) in [5.41, 5.74) is 7.11. The molecule has 0 aliphatic rings. The van der Waals surface area contributed by atoms with Crippen LogP contribution in [-0.2, 0) is 0 Å². The summed E-state index contributed by atoms with van der Waals surface area (Å²) in [5.74, 6) is 0. The Bertz CT molecular complexity index is 2650. The van der Waals surface area contributed by atoms with E-state index in [1.54, 1.807) is 0 Å². The van der Waals surface area contributed by atoms with Crippen molar-refractivity contribution in [3.05, 3.63) is 188 Å². The van der Waals surface area contributed by atoms with Crippen molar-refractivity contribution in [3.8, 4) is 33.4 Å². The first-order valence-electron chi connectivity index (χ1n) is 18.4. The molecule has 0 aromatic heterocycles. The Hall–Kier alpha value is -5.92. The maximum absolute atomic E-state index is 9.34. The van der Waals surface area contributed by atoms with Crippen LogP contribution >= 0.6 is 0 Å². The molecule has 8 rings (SSSR count). The van der Waals surface area contributed by atoms with E-state index in [0.717, 1.165) is 44.2 Å². The molecular formula is C44H31N. The van der Waals surface area contributed by atoms with Gasteiger partial charge in [-0.1, -0.05) is 158 Å². The number of rotatable bonds is 6. The zero-order valence-electron chi connectivity index (χ0n) is 31.3. The molecule has 212 valence electrons. The molecule has 0 unspecified atom stereocenters. The van der Waals surface area contributed by atoms with Gasteiger partial charge in [0.25, 0.3) is 0 Å². The first kappa shape index (κ1) is 20.1. The Morgan fingerprint density at radius 2 is 1.02 bits per heavy atom. The predicted molar refractivity (Wildman–Crippen MR) is 192 cm³/mol. The molecule has 0 amide bonds. The molecule has 1 heteroatoms. The molecular weight excluding hydrogens is 542 g/mol. The maximum atomic E-state index is 9.34. The van der Waals surface area contributed by atoms with Crippen molar-refractivity contribution in [1.29, 1.82) is 0 Å². The molecule has 0 radical (unpaired) electrons. The summed E-state index contributed by atoms with van der Waals surface area (Å²) in [6, 6.07) is 45.4. The number of anilines is 3. The van der Waals surface area contributed by atoms with Gasteiger partial charge in [0.15, 0.2) is 0 Å². The number of fused-ring (bicyclic) bond motifs is 2. The first-order chi connectivity index (χ1) is 25.2. The van der Waals surface area contributed by atoms with E-state index < -0.39 is 30.2 Å². The van der Waals surface area contributed by atoms with Crippen molar-refractivity contribution in [3.63, 3.8) is 0 Å². The van der Waals surface area contributed by atoms with Crippen LogP contribution in [0, 0.1) is 0 Å². The van der Waals surface area contributed by atoms with Gasteiger partial charge in [0.05, 0.1) is 21.0 Å². The van der Waals surface area contributed by atoms with Crippen LogP contribution < -0.4 is 4.90 Å². The number of hydrogen-bond donors (Lipinski definition) is 0. The normalized spacial score (nSPS) is 13.3. The van der Waals surface area contributed by atoms with Gasteiger partial charge in [-0.25, -0.2) is 0 Å². The van der Waals surface area contributed by atoms with Crippen LogP contribution in [0.15, 0.2) is 188 Å². The largest absolute Gasteiger partial charge is 0.309 e. The lowest BCUT2D eigenvalue weighted by Gasteiger charge is -2.29. The predicted octanol–water partition coefficient (Wildman–Crippen LogP) is 12.5. The Morgan fingerprint density at radius 1 is 0.378 bits per heavy atom. The van der Waals surface area contributed by atoms with Crippen molar-refractivity contribution < 1.29 is 9.60 Å². The molecule has 8 aromatic carbocycles. The first-order valence-corrected chi connectivity index (χ1v) is 14.9. The lowest BCUT2D eigenvalue weighted by atomic mass is 9.97. The monoisotopic (exact) mass is 580 g/mol. The quantitative estimate of drug-likeness (QED) is 0.189. The molecule has 0 saturated heterocycles. The van der Waals surface area contributed by atoms with E-state index in [0.29, 0.717) is 11.4 Å². The van der Waals surface area contributed by atoms with Crippen LogP contribution in [0.5, 0.6) is 0 Å². The molecule has 0 aliphatic carbocycles. The summed E-state index contributed by atoms with van der Waals surface area (Å²) < 4.78 is 61.9. The minimum absolute atomic E-state index is 0.0161. The zero-order chi connectivity index (χ0) is 36.1. The SMILES string of the molecule is [2H]c1c([2H])c([2H])c2c(N(c3cccc(-c4ccc5ccccc5c4)c3)c3ccccc3-c3ccc(-c4ccccc4)cc3)c([2H])c([2H])c([2H])c2c1[2H]. The minimum atomic E-state index is -0.488. The fraction of sp³-hybridized carbons (Fsp3) is 0. The van der Waals surface area contributed by atoms with Gasteiger partial charge < -0.3 is 4.90 Å². The van der Waals surface area contributed by atoms with Crippen LogP contribution in [0.2, 0.25) is 0 Å². The van der Waals surface area contributed by atoms with Gasteiger partial charge in [-0.2, -0.15) is 0 Å². The lowest BCUT2D eigenvalue weighted by Crippen LogP contribution is -2.11. The second kappa shape index (κ2) is 11.6. The molecule has 0 bridgehead atoms. The van der Waals surface area contributed by atoms with E-state index >= 15 is 0 Å². The van der Waals surface area contributed by atoms with Crippen LogP contribution in [0.25, 0.3) is 54.9 Å². The Balaban J connectivity index is 1.41. The Kier molecular flexibility index (Phi) is 5.20.